The summed E-state index contributed by atoms with van der Waals surface area (Å²) in [4.78, 5) is 26.0. The third-order valence-electron chi connectivity index (χ3n) is 3.03. The Morgan fingerprint density at radius 2 is 2.04 bits per heavy atom. The third-order valence-corrected chi connectivity index (χ3v) is 3.34. The van der Waals surface area contributed by atoms with Gasteiger partial charge in [0, 0.05) is 20.3 Å². The van der Waals surface area contributed by atoms with Gasteiger partial charge in [0.2, 0.25) is 0 Å². The minimum atomic E-state index is -0.741. The quantitative estimate of drug-likeness (QED) is 0.335. The summed E-state index contributed by atoms with van der Waals surface area (Å²) in [6.07, 6.45) is 10.3. The van der Waals surface area contributed by atoms with E-state index in [0.29, 0.717) is 0 Å². The Kier molecular flexibility index (Phi) is 7.22. The molecule has 0 aliphatic rings. The Labute approximate surface area is 151 Å². The van der Waals surface area contributed by atoms with Gasteiger partial charge in [-0.1, -0.05) is 28.8 Å². The molecule has 0 aliphatic heterocycles. The van der Waals surface area contributed by atoms with E-state index in [4.69, 9.17) is 27.3 Å². The number of nitrogens with zero attached hydrogens (tertiary/aromatic N) is 2. The highest BCUT2D eigenvalue weighted by Crippen LogP contribution is 2.31. The second-order valence-electron chi connectivity index (χ2n) is 5.16. The molecule has 0 atom stereocenters. The average molecular weight is 363 g/mol. The number of halogens is 1. The number of ether oxygens (including phenoxy) is 1. The van der Waals surface area contributed by atoms with Crippen LogP contribution in [0.5, 0.6) is 0 Å². The van der Waals surface area contributed by atoms with Gasteiger partial charge < -0.3 is 14.2 Å². The molecule has 0 amide bonds. The van der Waals surface area contributed by atoms with Crippen LogP contribution in [0, 0.1) is 12.3 Å². The highest BCUT2D eigenvalue weighted by Gasteiger charge is 2.30. The SMILES string of the molecule is C#C/C(=C(Cl)\C=C/C)c1noc(/C(=C/N(C)C)C(C)=O)c1C(=O)OC. The molecule has 0 saturated carbocycles. The fourth-order valence-corrected chi connectivity index (χ4v) is 2.25. The Bertz CT molecular complexity index is 808. The summed E-state index contributed by atoms with van der Waals surface area (Å²) >= 11 is 6.16. The maximum Gasteiger partial charge on any atom is 0.344 e. The van der Waals surface area contributed by atoms with E-state index >= 15 is 0 Å². The number of hydrogen-bond acceptors (Lipinski definition) is 6. The van der Waals surface area contributed by atoms with Gasteiger partial charge in [0.05, 0.1) is 23.3 Å². The van der Waals surface area contributed by atoms with E-state index in [2.05, 4.69) is 11.1 Å². The lowest BCUT2D eigenvalue weighted by molar-refractivity contribution is -0.111. The second-order valence-corrected chi connectivity index (χ2v) is 5.56. The molecule has 0 N–H and O–H groups in total. The van der Waals surface area contributed by atoms with Crippen molar-refractivity contribution < 1.29 is 18.8 Å². The summed E-state index contributed by atoms with van der Waals surface area (Å²) in [5, 5.41) is 4.07. The smallest absolute Gasteiger partial charge is 0.344 e. The highest BCUT2D eigenvalue weighted by atomic mass is 35.5. The van der Waals surface area contributed by atoms with Crippen molar-refractivity contribution in [3.63, 3.8) is 0 Å². The summed E-state index contributed by atoms with van der Waals surface area (Å²) < 4.78 is 10.1. The number of ketones is 1. The molecule has 132 valence electrons. The van der Waals surface area contributed by atoms with Crippen molar-refractivity contribution in [2.24, 2.45) is 0 Å². The first kappa shape index (κ1) is 20.3. The lowest BCUT2D eigenvalue weighted by atomic mass is 10.0. The largest absolute Gasteiger partial charge is 0.465 e. The minimum Gasteiger partial charge on any atom is -0.465 e. The maximum atomic E-state index is 12.3. The van der Waals surface area contributed by atoms with Crippen LogP contribution >= 0.6 is 11.6 Å². The van der Waals surface area contributed by atoms with Crippen molar-refractivity contribution in [2.45, 2.75) is 13.8 Å². The molecule has 0 saturated heterocycles. The fourth-order valence-electron chi connectivity index (χ4n) is 1.98. The Hall–Kier alpha value is -2.78. The number of carbonyl (C=O) groups is 2. The van der Waals surface area contributed by atoms with Crippen molar-refractivity contribution in [1.29, 1.82) is 0 Å². The van der Waals surface area contributed by atoms with Crippen molar-refractivity contribution in [1.82, 2.24) is 10.1 Å². The van der Waals surface area contributed by atoms with Crippen LogP contribution in [-0.4, -0.2) is 43.0 Å². The topological polar surface area (TPSA) is 72.6 Å². The molecule has 0 bridgehead atoms. The van der Waals surface area contributed by atoms with E-state index < -0.39 is 5.97 Å². The van der Waals surface area contributed by atoms with Gasteiger partial charge in [-0.15, -0.1) is 6.42 Å². The molecule has 1 heterocycles. The van der Waals surface area contributed by atoms with Crippen LogP contribution in [-0.2, 0) is 9.53 Å². The minimum absolute atomic E-state index is 0.0271. The molecule has 0 aromatic carbocycles. The second kappa shape index (κ2) is 8.90. The predicted octanol–water partition coefficient (Wildman–Crippen LogP) is 3.11. The van der Waals surface area contributed by atoms with E-state index in [1.165, 1.54) is 20.2 Å². The summed E-state index contributed by atoms with van der Waals surface area (Å²) in [5.41, 5.74) is 0.297. The van der Waals surface area contributed by atoms with Crippen molar-refractivity contribution in [2.75, 3.05) is 21.2 Å². The standard InChI is InChI=1S/C18H19ClN2O4/c1-7-9-14(19)12(8-2)16-15(18(23)24-6)17(25-20-16)13(11(3)22)10-21(4)5/h2,7,9-10H,1,3-6H3/b9-7-,13-10+,14-12-. The number of hydrogen-bond donors (Lipinski definition) is 0. The Balaban J connectivity index is 3.80. The van der Waals surface area contributed by atoms with E-state index in [1.807, 2.05) is 0 Å². The predicted molar refractivity (Wildman–Crippen MR) is 96.6 cm³/mol. The molecule has 0 unspecified atom stereocenters. The molecule has 1 rings (SSSR count). The van der Waals surface area contributed by atoms with Crippen molar-refractivity contribution in [3.8, 4) is 12.3 Å². The number of Topliss-reactive ketones (excluding diaryl/α,β-unsaturated/α-hetero) is 1. The Morgan fingerprint density at radius 1 is 1.40 bits per heavy atom. The summed E-state index contributed by atoms with van der Waals surface area (Å²) in [6.45, 7) is 3.11. The lowest BCUT2D eigenvalue weighted by Crippen LogP contribution is -2.11. The fraction of sp³-hybridized carbons (Fsp3) is 0.278. The zero-order valence-corrected chi connectivity index (χ0v) is 15.5. The molecule has 0 radical (unpaired) electrons. The molecule has 1 aromatic heterocycles. The van der Waals surface area contributed by atoms with Crippen LogP contribution in [0.2, 0.25) is 0 Å². The van der Waals surface area contributed by atoms with E-state index in [1.54, 1.807) is 38.1 Å². The number of allylic oxidation sites excluding steroid dienone is 5. The van der Waals surface area contributed by atoms with E-state index in [-0.39, 0.29) is 39.0 Å². The summed E-state index contributed by atoms with van der Waals surface area (Å²) in [5.74, 6) is 1.32. The van der Waals surface area contributed by atoms with Crippen LogP contribution < -0.4 is 0 Å². The number of terminal acetylenes is 1. The zero-order valence-electron chi connectivity index (χ0n) is 14.7. The number of aromatic nitrogens is 1. The van der Waals surface area contributed by atoms with Gasteiger partial charge >= 0.3 is 5.97 Å². The highest BCUT2D eigenvalue weighted by molar-refractivity contribution is 6.35. The summed E-state index contributed by atoms with van der Waals surface area (Å²) in [7, 11) is 4.67. The van der Waals surface area contributed by atoms with Gasteiger partial charge in [-0.3, -0.25) is 4.79 Å². The van der Waals surface area contributed by atoms with Gasteiger partial charge in [-0.2, -0.15) is 0 Å². The van der Waals surface area contributed by atoms with Gasteiger partial charge in [0.1, 0.15) is 11.3 Å². The van der Waals surface area contributed by atoms with Crippen LogP contribution in [0.15, 0.2) is 27.9 Å². The molecule has 0 fully saturated rings. The number of carbonyl (C=O) groups excluding carboxylic acids is 2. The first-order chi connectivity index (χ1) is 11.8. The third kappa shape index (κ3) is 4.61. The normalized spacial score (nSPS) is 12.6. The zero-order chi connectivity index (χ0) is 19.1. The van der Waals surface area contributed by atoms with Crippen molar-refractivity contribution >= 4 is 34.5 Å². The van der Waals surface area contributed by atoms with E-state index in [0.717, 1.165) is 0 Å². The van der Waals surface area contributed by atoms with Crippen LogP contribution in [0.3, 0.4) is 0 Å². The molecular weight excluding hydrogens is 344 g/mol. The monoisotopic (exact) mass is 362 g/mol. The van der Waals surface area contributed by atoms with Gasteiger partial charge in [-0.05, 0) is 19.9 Å². The number of rotatable bonds is 6. The average Bonchev–Trinajstić information content (AvgIpc) is 2.96. The molecule has 1 aromatic rings. The summed E-state index contributed by atoms with van der Waals surface area (Å²) in [6, 6.07) is 0. The maximum absolute atomic E-state index is 12.3. The number of esters is 1. The van der Waals surface area contributed by atoms with Crippen LogP contribution in [0.1, 0.15) is 35.7 Å². The molecule has 25 heavy (non-hydrogen) atoms. The van der Waals surface area contributed by atoms with Crippen LogP contribution in [0.4, 0.5) is 0 Å². The molecule has 6 nitrogen and oxygen atoms in total. The Morgan fingerprint density at radius 3 is 2.48 bits per heavy atom. The molecular formula is C18H19ClN2O4. The van der Waals surface area contributed by atoms with Gasteiger partial charge in [0.15, 0.2) is 11.5 Å². The molecule has 0 aliphatic carbocycles. The number of methoxy groups -OCH3 is 1. The van der Waals surface area contributed by atoms with Crippen LogP contribution in [0.25, 0.3) is 11.1 Å². The first-order valence-corrected chi connectivity index (χ1v) is 7.63. The lowest BCUT2D eigenvalue weighted by Gasteiger charge is -2.09. The molecule has 7 heteroatoms. The molecule has 0 spiro atoms. The first-order valence-electron chi connectivity index (χ1n) is 7.25. The van der Waals surface area contributed by atoms with Gasteiger partial charge in [0.25, 0.3) is 0 Å². The van der Waals surface area contributed by atoms with Gasteiger partial charge in [-0.25, -0.2) is 4.79 Å². The van der Waals surface area contributed by atoms with Crippen molar-refractivity contribution in [3.05, 3.63) is 40.4 Å². The van der Waals surface area contributed by atoms with E-state index in [9.17, 15) is 9.59 Å².